The molecule has 0 unspecified atom stereocenters. The van der Waals surface area contributed by atoms with Crippen LogP contribution in [-0.4, -0.2) is 23.1 Å². The molecule has 0 amide bonds. The predicted octanol–water partition coefficient (Wildman–Crippen LogP) is 1.03. The zero-order chi connectivity index (χ0) is 10.7. The first-order valence-electron chi connectivity index (χ1n) is 5.61. The number of fused-ring (bicyclic) bond motifs is 1. The van der Waals surface area contributed by atoms with Crippen molar-refractivity contribution in [3.05, 3.63) is 17.0 Å². The van der Waals surface area contributed by atoms with E-state index in [2.05, 4.69) is 22.2 Å². The molecule has 0 saturated carbocycles. The molecule has 1 aliphatic rings. The number of hydrogen-bond donors (Lipinski definition) is 2. The first-order chi connectivity index (χ1) is 7.31. The summed E-state index contributed by atoms with van der Waals surface area (Å²) < 4.78 is 0. The fraction of sp³-hybridized carbons (Fsp3) is 0.636. The van der Waals surface area contributed by atoms with Gasteiger partial charge >= 0.3 is 0 Å². The summed E-state index contributed by atoms with van der Waals surface area (Å²) in [4.78, 5) is 8.98. The number of nitrogens with two attached hydrogens (primary N) is 1. The topological polar surface area (TPSA) is 63.8 Å². The Kier molecular flexibility index (Phi) is 3.16. The monoisotopic (exact) mass is 206 g/mol. The van der Waals surface area contributed by atoms with Crippen molar-refractivity contribution >= 4 is 5.95 Å². The van der Waals surface area contributed by atoms with Gasteiger partial charge in [-0.05, 0) is 38.2 Å². The van der Waals surface area contributed by atoms with Crippen LogP contribution in [0, 0.1) is 6.92 Å². The van der Waals surface area contributed by atoms with Crippen LogP contribution in [0.1, 0.15) is 29.8 Å². The Balaban J connectivity index is 2.24. The Labute approximate surface area is 90.3 Å². The van der Waals surface area contributed by atoms with Crippen LogP contribution >= 0.6 is 0 Å². The maximum Gasteiger partial charge on any atom is 0.223 e. The minimum absolute atomic E-state index is 0.611. The molecule has 0 spiro atoms. The number of anilines is 1. The van der Waals surface area contributed by atoms with Crippen LogP contribution < -0.4 is 11.1 Å². The van der Waals surface area contributed by atoms with Crippen LogP contribution in [0.5, 0.6) is 0 Å². The molecule has 3 N–H and O–H groups in total. The third-order valence-electron chi connectivity index (χ3n) is 2.82. The van der Waals surface area contributed by atoms with E-state index in [1.165, 1.54) is 24.1 Å². The molecule has 15 heavy (non-hydrogen) atoms. The number of nitrogens with zero attached hydrogens (tertiary/aromatic N) is 2. The first-order valence-corrected chi connectivity index (χ1v) is 5.61. The normalized spacial score (nSPS) is 14.8. The number of hydrogen-bond acceptors (Lipinski definition) is 4. The number of nitrogens with one attached hydrogen (secondary N) is 1. The second-order valence-electron chi connectivity index (χ2n) is 3.98. The Bertz CT molecular complexity index is 349. The second-order valence-corrected chi connectivity index (χ2v) is 3.98. The summed E-state index contributed by atoms with van der Waals surface area (Å²) in [6.07, 6.45) is 4.75. The predicted molar refractivity (Wildman–Crippen MR) is 61.0 cm³/mol. The van der Waals surface area contributed by atoms with Crippen molar-refractivity contribution in [1.82, 2.24) is 9.97 Å². The lowest BCUT2D eigenvalue weighted by atomic mass is 9.95. The smallest absolute Gasteiger partial charge is 0.223 e. The average Bonchev–Trinajstić information content (AvgIpc) is 2.26. The van der Waals surface area contributed by atoms with Crippen molar-refractivity contribution in [1.29, 1.82) is 0 Å². The lowest BCUT2D eigenvalue weighted by Crippen LogP contribution is -2.17. The summed E-state index contributed by atoms with van der Waals surface area (Å²) >= 11 is 0. The summed E-state index contributed by atoms with van der Waals surface area (Å²) in [6.45, 7) is 3.41. The van der Waals surface area contributed by atoms with Crippen molar-refractivity contribution in [3.8, 4) is 0 Å². The molecule has 4 heteroatoms. The molecular formula is C11H18N4. The molecule has 0 radical (unpaired) electrons. The molecular weight excluding hydrogens is 188 g/mol. The summed E-state index contributed by atoms with van der Waals surface area (Å²) in [6, 6.07) is 0. The Hall–Kier alpha value is -1.16. The minimum atomic E-state index is 0.611. The first kappa shape index (κ1) is 10.4. The fourth-order valence-electron chi connectivity index (χ4n) is 2.04. The third-order valence-corrected chi connectivity index (χ3v) is 2.82. The fourth-order valence-corrected chi connectivity index (χ4v) is 2.04. The molecule has 1 aromatic rings. The Morgan fingerprint density at radius 2 is 2.07 bits per heavy atom. The van der Waals surface area contributed by atoms with Gasteiger partial charge in [0.15, 0.2) is 0 Å². The van der Waals surface area contributed by atoms with Gasteiger partial charge in [-0.15, -0.1) is 0 Å². The Morgan fingerprint density at radius 3 is 2.87 bits per heavy atom. The Morgan fingerprint density at radius 1 is 1.27 bits per heavy atom. The molecule has 0 atom stereocenters. The zero-order valence-corrected chi connectivity index (χ0v) is 9.21. The van der Waals surface area contributed by atoms with Crippen LogP contribution in [0.25, 0.3) is 0 Å². The van der Waals surface area contributed by atoms with E-state index < -0.39 is 0 Å². The summed E-state index contributed by atoms with van der Waals surface area (Å²) in [7, 11) is 0. The maximum absolute atomic E-state index is 5.43. The van der Waals surface area contributed by atoms with Gasteiger partial charge in [-0.1, -0.05) is 0 Å². The van der Waals surface area contributed by atoms with Gasteiger partial charge in [0.2, 0.25) is 5.95 Å². The van der Waals surface area contributed by atoms with Crippen LogP contribution in [0.4, 0.5) is 5.95 Å². The van der Waals surface area contributed by atoms with Crippen molar-refractivity contribution < 1.29 is 0 Å². The van der Waals surface area contributed by atoms with E-state index in [0.29, 0.717) is 6.54 Å². The molecule has 0 saturated heterocycles. The molecule has 1 aromatic heterocycles. The summed E-state index contributed by atoms with van der Waals surface area (Å²) in [5.74, 6) is 0.735. The van der Waals surface area contributed by atoms with Gasteiger partial charge in [-0.25, -0.2) is 9.97 Å². The van der Waals surface area contributed by atoms with E-state index in [4.69, 9.17) is 5.73 Å². The highest BCUT2D eigenvalue weighted by atomic mass is 15.1. The van der Waals surface area contributed by atoms with E-state index in [9.17, 15) is 0 Å². The molecule has 0 aromatic carbocycles. The molecule has 0 bridgehead atoms. The highest BCUT2D eigenvalue weighted by molar-refractivity contribution is 5.35. The lowest BCUT2D eigenvalue weighted by molar-refractivity contribution is 0.657. The molecule has 0 aliphatic heterocycles. The molecule has 1 heterocycles. The number of rotatable bonds is 3. The molecule has 1 aliphatic carbocycles. The van der Waals surface area contributed by atoms with Crippen molar-refractivity contribution in [3.63, 3.8) is 0 Å². The largest absolute Gasteiger partial charge is 0.353 e. The maximum atomic E-state index is 5.43. The van der Waals surface area contributed by atoms with Gasteiger partial charge in [0, 0.05) is 24.5 Å². The summed E-state index contributed by atoms with van der Waals surface area (Å²) in [5.41, 5.74) is 9.15. The highest BCUT2D eigenvalue weighted by Crippen LogP contribution is 2.22. The van der Waals surface area contributed by atoms with Crippen molar-refractivity contribution in [2.45, 2.75) is 32.6 Å². The van der Waals surface area contributed by atoms with Gasteiger partial charge in [0.1, 0.15) is 0 Å². The van der Waals surface area contributed by atoms with Crippen LogP contribution in [-0.2, 0) is 12.8 Å². The standard InChI is InChI=1S/C11H18N4/c1-8-9-4-2-3-5-10(9)15-11(14-8)13-7-6-12/h2-7,12H2,1H3,(H,13,14,15). The van der Waals surface area contributed by atoms with Crippen LogP contribution in [0.2, 0.25) is 0 Å². The van der Waals surface area contributed by atoms with Gasteiger partial charge in [0.05, 0.1) is 0 Å². The molecule has 4 nitrogen and oxygen atoms in total. The average molecular weight is 206 g/mol. The molecule has 2 rings (SSSR count). The van der Waals surface area contributed by atoms with Crippen molar-refractivity contribution in [2.24, 2.45) is 5.73 Å². The quantitative estimate of drug-likeness (QED) is 0.775. The van der Waals surface area contributed by atoms with E-state index >= 15 is 0 Å². The highest BCUT2D eigenvalue weighted by Gasteiger charge is 2.14. The van der Waals surface area contributed by atoms with E-state index in [1.54, 1.807) is 0 Å². The van der Waals surface area contributed by atoms with Crippen LogP contribution in [0.15, 0.2) is 0 Å². The van der Waals surface area contributed by atoms with Gasteiger partial charge in [0.25, 0.3) is 0 Å². The van der Waals surface area contributed by atoms with E-state index in [0.717, 1.165) is 31.0 Å². The summed E-state index contributed by atoms with van der Waals surface area (Å²) in [5, 5.41) is 3.14. The lowest BCUT2D eigenvalue weighted by Gasteiger charge is -2.17. The molecule has 0 fully saturated rings. The van der Waals surface area contributed by atoms with Gasteiger partial charge in [-0.2, -0.15) is 0 Å². The van der Waals surface area contributed by atoms with Gasteiger partial charge in [-0.3, -0.25) is 0 Å². The number of aromatic nitrogens is 2. The SMILES string of the molecule is Cc1nc(NCCN)nc2c1CCCC2. The third kappa shape index (κ3) is 2.26. The number of aryl methyl sites for hydroxylation is 2. The van der Waals surface area contributed by atoms with E-state index in [-0.39, 0.29) is 0 Å². The molecule has 82 valence electrons. The van der Waals surface area contributed by atoms with E-state index in [1.807, 2.05) is 0 Å². The van der Waals surface area contributed by atoms with Gasteiger partial charge < -0.3 is 11.1 Å². The minimum Gasteiger partial charge on any atom is -0.353 e. The van der Waals surface area contributed by atoms with Crippen molar-refractivity contribution in [2.75, 3.05) is 18.4 Å². The van der Waals surface area contributed by atoms with Crippen LogP contribution in [0.3, 0.4) is 0 Å². The zero-order valence-electron chi connectivity index (χ0n) is 9.21. The second kappa shape index (κ2) is 4.57.